The molecule has 0 bridgehead atoms. The fourth-order valence-corrected chi connectivity index (χ4v) is 4.64. The van der Waals surface area contributed by atoms with Gasteiger partial charge in [-0.05, 0) is 48.9 Å². The third kappa shape index (κ3) is 4.90. The van der Waals surface area contributed by atoms with E-state index in [2.05, 4.69) is 41.1 Å². The maximum atomic E-state index is 13.8. The second-order valence-electron chi connectivity index (χ2n) is 9.47. The van der Waals surface area contributed by atoms with Gasteiger partial charge >= 0.3 is 0 Å². The van der Waals surface area contributed by atoms with E-state index in [1.54, 1.807) is 20.4 Å². The highest BCUT2D eigenvalue weighted by Crippen LogP contribution is 2.45. The highest BCUT2D eigenvalue weighted by molar-refractivity contribution is 6.05. The lowest BCUT2D eigenvalue weighted by atomic mass is 9.74. The lowest BCUT2D eigenvalue weighted by molar-refractivity contribution is -0.128. The molecule has 0 saturated carbocycles. The minimum atomic E-state index is -0.548. The van der Waals surface area contributed by atoms with E-state index in [4.69, 9.17) is 9.47 Å². The fourth-order valence-electron chi connectivity index (χ4n) is 4.64. The van der Waals surface area contributed by atoms with Gasteiger partial charge in [0.15, 0.2) is 5.78 Å². The Bertz CT molecular complexity index is 1180. The normalized spacial score (nSPS) is 19.3. The molecule has 0 radical (unpaired) electrons. The number of methoxy groups -OCH3 is 2. The number of ether oxygens (including phenoxy) is 2. The molecule has 1 fully saturated rings. The number of ketones is 1. The van der Waals surface area contributed by atoms with Crippen LogP contribution >= 0.6 is 0 Å². The standard InChI is InChI=1S/C29H32N2O3/c1-20-9-11-21(12-10-20)18-31-19-29(2,3)28(32)25(16-22-8-6-7-15-30-22)27(31)24-17-23(33-4)13-14-26(24)34-5/h6-17,27H,18-19H2,1-5H3. The van der Waals surface area contributed by atoms with Crippen molar-refractivity contribution in [2.75, 3.05) is 20.8 Å². The molecule has 1 saturated heterocycles. The molecule has 2 aromatic carbocycles. The van der Waals surface area contributed by atoms with Gasteiger partial charge in [-0.3, -0.25) is 14.7 Å². The van der Waals surface area contributed by atoms with E-state index >= 15 is 0 Å². The number of rotatable bonds is 6. The van der Waals surface area contributed by atoms with Crippen LogP contribution in [-0.4, -0.2) is 36.4 Å². The average molecular weight is 457 g/mol. The van der Waals surface area contributed by atoms with Crippen molar-refractivity contribution in [3.05, 3.63) is 94.8 Å². The Hall–Kier alpha value is -3.44. The van der Waals surface area contributed by atoms with Crippen LogP contribution in [-0.2, 0) is 11.3 Å². The molecule has 0 aliphatic carbocycles. The van der Waals surface area contributed by atoms with E-state index < -0.39 is 5.41 Å². The zero-order valence-corrected chi connectivity index (χ0v) is 20.5. The second-order valence-corrected chi connectivity index (χ2v) is 9.47. The maximum Gasteiger partial charge on any atom is 0.167 e. The monoisotopic (exact) mass is 456 g/mol. The molecule has 1 aliphatic heterocycles. The zero-order chi connectivity index (χ0) is 24.3. The Morgan fingerprint density at radius 1 is 1.06 bits per heavy atom. The van der Waals surface area contributed by atoms with E-state index in [1.165, 1.54) is 11.1 Å². The van der Waals surface area contributed by atoms with Crippen LogP contribution in [0.5, 0.6) is 11.5 Å². The quantitative estimate of drug-likeness (QED) is 0.449. The van der Waals surface area contributed by atoms with Crippen LogP contribution in [0.25, 0.3) is 6.08 Å². The molecule has 1 unspecified atom stereocenters. The lowest BCUT2D eigenvalue weighted by Gasteiger charge is -2.44. The first-order chi connectivity index (χ1) is 16.3. The van der Waals surface area contributed by atoms with Crippen molar-refractivity contribution < 1.29 is 14.3 Å². The first-order valence-corrected chi connectivity index (χ1v) is 11.5. The zero-order valence-electron chi connectivity index (χ0n) is 20.5. The van der Waals surface area contributed by atoms with Gasteiger partial charge < -0.3 is 9.47 Å². The van der Waals surface area contributed by atoms with Gasteiger partial charge in [0, 0.05) is 35.8 Å². The SMILES string of the molecule is COc1ccc(OC)c(C2C(=Cc3ccccn3)C(=O)C(C)(C)CN2Cc2ccc(C)cc2)c1. The summed E-state index contributed by atoms with van der Waals surface area (Å²) < 4.78 is 11.3. The summed E-state index contributed by atoms with van der Waals surface area (Å²) in [6.07, 6.45) is 3.67. The molecule has 3 aromatic rings. The summed E-state index contributed by atoms with van der Waals surface area (Å²) in [5.74, 6) is 1.56. The predicted molar refractivity (Wildman–Crippen MR) is 135 cm³/mol. The summed E-state index contributed by atoms with van der Waals surface area (Å²) >= 11 is 0. The molecule has 5 nitrogen and oxygen atoms in total. The van der Waals surface area contributed by atoms with E-state index in [-0.39, 0.29) is 11.8 Å². The fraction of sp³-hybridized carbons (Fsp3) is 0.310. The predicted octanol–water partition coefficient (Wildman–Crippen LogP) is 5.64. The Morgan fingerprint density at radius 3 is 2.47 bits per heavy atom. The highest BCUT2D eigenvalue weighted by atomic mass is 16.5. The van der Waals surface area contributed by atoms with Crippen molar-refractivity contribution in [3.8, 4) is 11.5 Å². The van der Waals surface area contributed by atoms with E-state index in [1.807, 2.05) is 56.3 Å². The Labute approximate surface area is 202 Å². The Kier molecular flexibility index (Phi) is 6.85. The first kappa shape index (κ1) is 23.7. The van der Waals surface area contributed by atoms with Gasteiger partial charge in [-0.1, -0.05) is 49.7 Å². The number of Topliss-reactive ketones (excluding diaryl/α,β-unsaturated/α-hetero) is 1. The van der Waals surface area contributed by atoms with Crippen molar-refractivity contribution in [1.82, 2.24) is 9.88 Å². The van der Waals surface area contributed by atoms with Crippen LogP contribution in [0, 0.1) is 12.3 Å². The summed E-state index contributed by atoms with van der Waals surface area (Å²) in [5.41, 5.74) is 4.23. The molecule has 2 heterocycles. The molecule has 4 rings (SSSR count). The topological polar surface area (TPSA) is 51.7 Å². The van der Waals surface area contributed by atoms with Gasteiger partial charge in [0.25, 0.3) is 0 Å². The number of aromatic nitrogens is 1. The van der Waals surface area contributed by atoms with Crippen LogP contribution in [0.4, 0.5) is 0 Å². The number of carbonyl (C=O) groups is 1. The largest absolute Gasteiger partial charge is 0.497 e. The van der Waals surface area contributed by atoms with Gasteiger partial charge in [-0.25, -0.2) is 0 Å². The minimum Gasteiger partial charge on any atom is -0.497 e. The summed E-state index contributed by atoms with van der Waals surface area (Å²) in [5, 5.41) is 0. The van der Waals surface area contributed by atoms with Gasteiger partial charge in [-0.2, -0.15) is 0 Å². The number of carbonyl (C=O) groups excluding carboxylic acids is 1. The van der Waals surface area contributed by atoms with Crippen LogP contribution in [0.1, 0.15) is 42.3 Å². The molecule has 0 N–H and O–H groups in total. The van der Waals surface area contributed by atoms with Crippen molar-refractivity contribution in [2.24, 2.45) is 5.41 Å². The molecular weight excluding hydrogens is 424 g/mol. The third-order valence-corrected chi connectivity index (χ3v) is 6.36. The van der Waals surface area contributed by atoms with E-state index in [0.717, 1.165) is 22.8 Å². The lowest BCUT2D eigenvalue weighted by Crippen LogP contribution is -2.49. The molecule has 34 heavy (non-hydrogen) atoms. The van der Waals surface area contributed by atoms with Gasteiger partial charge in [-0.15, -0.1) is 0 Å². The van der Waals surface area contributed by atoms with E-state index in [0.29, 0.717) is 18.7 Å². The van der Waals surface area contributed by atoms with Gasteiger partial charge in [0.1, 0.15) is 11.5 Å². The summed E-state index contributed by atoms with van der Waals surface area (Å²) in [4.78, 5) is 20.7. The van der Waals surface area contributed by atoms with Crippen molar-refractivity contribution in [3.63, 3.8) is 0 Å². The Morgan fingerprint density at radius 2 is 1.82 bits per heavy atom. The number of likely N-dealkylation sites (tertiary alicyclic amines) is 1. The molecule has 0 spiro atoms. The molecule has 1 aliphatic rings. The van der Waals surface area contributed by atoms with Crippen LogP contribution in [0.2, 0.25) is 0 Å². The van der Waals surface area contributed by atoms with Crippen molar-refractivity contribution in [1.29, 1.82) is 0 Å². The molecule has 0 amide bonds. The van der Waals surface area contributed by atoms with Gasteiger partial charge in [0.2, 0.25) is 0 Å². The number of pyridine rings is 1. The number of nitrogens with zero attached hydrogens (tertiary/aromatic N) is 2. The highest BCUT2D eigenvalue weighted by Gasteiger charge is 2.44. The van der Waals surface area contributed by atoms with Crippen LogP contribution < -0.4 is 9.47 Å². The van der Waals surface area contributed by atoms with Crippen LogP contribution in [0.3, 0.4) is 0 Å². The van der Waals surface area contributed by atoms with E-state index in [9.17, 15) is 4.79 Å². The molecule has 176 valence electrons. The van der Waals surface area contributed by atoms with Crippen molar-refractivity contribution >= 4 is 11.9 Å². The summed E-state index contributed by atoms with van der Waals surface area (Å²) in [6.45, 7) is 7.43. The minimum absolute atomic E-state index is 0.119. The summed E-state index contributed by atoms with van der Waals surface area (Å²) in [6, 6.07) is 19.7. The molecule has 1 atom stereocenters. The molecule has 1 aromatic heterocycles. The molecular formula is C29H32N2O3. The average Bonchev–Trinajstić information content (AvgIpc) is 2.84. The number of piperidine rings is 1. The van der Waals surface area contributed by atoms with Crippen molar-refractivity contribution in [2.45, 2.75) is 33.4 Å². The number of hydrogen-bond acceptors (Lipinski definition) is 5. The van der Waals surface area contributed by atoms with Crippen LogP contribution in [0.15, 0.2) is 72.4 Å². The first-order valence-electron chi connectivity index (χ1n) is 11.5. The third-order valence-electron chi connectivity index (χ3n) is 6.36. The summed E-state index contributed by atoms with van der Waals surface area (Å²) in [7, 11) is 3.31. The number of hydrogen-bond donors (Lipinski definition) is 0. The maximum absolute atomic E-state index is 13.8. The Balaban J connectivity index is 1.90. The van der Waals surface area contributed by atoms with Gasteiger partial charge in [0.05, 0.1) is 26.0 Å². The second kappa shape index (κ2) is 9.82. The molecule has 5 heteroatoms. The number of benzene rings is 2. The number of aryl methyl sites for hydroxylation is 1. The smallest absolute Gasteiger partial charge is 0.167 e.